The summed E-state index contributed by atoms with van der Waals surface area (Å²) in [6, 6.07) is 7.29. The van der Waals surface area contributed by atoms with Gasteiger partial charge in [0.05, 0.1) is 11.3 Å². The molecule has 0 fully saturated rings. The van der Waals surface area contributed by atoms with Gasteiger partial charge in [0.2, 0.25) is 0 Å². The summed E-state index contributed by atoms with van der Waals surface area (Å²) in [6.07, 6.45) is 1.70. The zero-order chi connectivity index (χ0) is 11.1. The number of hydrogen-bond acceptors (Lipinski definition) is 4. The zero-order valence-electron chi connectivity index (χ0n) is 8.53. The van der Waals surface area contributed by atoms with Crippen molar-refractivity contribution in [2.24, 2.45) is 0 Å². The van der Waals surface area contributed by atoms with Crippen LogP contribution in [0.3, 0.4) is 0 Å². The number of hydrogen-bond donors (Lipinski definition) is 3. The van der Waals surface area contributed by atoms with E-state index in [1.165, 1.54) is 0 Å². The molecule has 0 bridgehead atoms. The quantitative estimate of drug-likeness (QED) is 0.500. The van der Waals surface area contributed by atoms with E-state index in [1.807, 2.05) is 12.1 Å². The molecule has 4 heteroatoms. The van der Waals surface area contributed by atoms with Crippen molar-refractivity contribution in [1.82, 2.24) is 0 Å². The van der Waals surface area contributed by atoms with Gasteiger partial charge in [-0.3, -0.25) is 0 Å². The number of nitriles is 1. The first kappa shape index (κ1) is 11.3. The number of aliphatic hydroxyl groups excluding tert-OH is 1. The topological polar surface area (TPSA) is 82.1 Å². The van der Waals surface area contributed by atoms with Crippen LogP contribution in [-0.2, 0) is 0 Å². The largest absolute Gasteiger partial charge is 0.398 e. The number of nitrogens with two attached hydrogens (primary N) is 1. The molecule has 80 valence electrons. The monoisotopic (exact) mass is 205 g/mol. The smallest absolute Gasteiger partial charge is 0.101 e. The molecule has 0 saturated heterocycles. The fourth-order valence-electron chi connectivity index (χ4n) is 1.24. The molecule has 0 saturated carbocycles. The van der Waals surface area contributed by atoms with E-state index >= 15 is 0 Å². The Hall–Kier alpha value is -1.73. The van der Waals surface area contributed by atoms with E-state index in [2.05, 4.69) is 5.32 Å². The van der Waals surface area contributed by atoms with Gasteiger partial charge < -0.3 is 16.2 Å². The summed E-state index contributed by atoms with van der Waals surface area (Å²) >= 11 is 0. The minimum absolute atomic E-state index is 0.219. The molecule has 1 aromatic carbocycles. The summed E-state index contributed by atoms with van der Waals surface area (Å²) in [7, 11) is 0. The average molecular weight is 205 g/mol. The third-order valence-corrected chi connectivity index (χ3v) is 2.09. The van der Waals surface area contributed by atoms with Crippen LogP contribution in [0, 0.1) is 11.3 Å². The van der Waals surface area contributed by atoms with E-state index in [9.17, 15) is 0 Å². The Kier molecular flexibility index (Phi) is 4.45. The lowest BCUT2D eigenvalue weighted by atomic mass is 10.2. The number of aliphatic hydroxyl groups is 1. The number of nitrogen functional groups attached to an aromatic ring is 1. The lowest BCUT2D eigenvalue weighted by molar-refractivity contribution is 0.286. The first-order valence-electron chi connectivity index (χ1n) is 4.92. The van der Waals surface area contributed by atoms with Crippen LogP contribution < -0.4 is 11.1 Å². The molecule has 0 aliphatic carbocycles. The van der Waals surface area contributed by atoms with E-state index in [0.29, 0.717) is 11.3 Å². The van der Waals surface area contributed by atoms with Crippen molar-refractivity contribution in [3.05, 3.63) is 23.8 Å². The van der Waals surface area contributed by atoms with Gasteiger partial charge in [-0.15, -0.1) is 0 Å². The number of rotatable bonds is 5. The average Bonchev–Trinajstić information content (AvgIpc) is 2.25. The number of anilines is 2. The van der Waals surface area contributed by atoms with E-state index < -0.39 is 0 Å². The van der Waals surface area contributed by atoms with E-state index in [0.717, 1.165) is 25.1 Å². The van der Waals surface area contributed by atoms with Crippen LogP contribution in [-0.4, -0.2) is 18.3 Å². The number of nitrogens with one attached hydrogen (secondary N) is 1. The van der Waals surface area contributed by atoms with Crippen molar-refractivity contribution in [1.29, 1.82) is 5.26 Å². The molecular formula is C11H15N3O. The minimum Gasteiger partial charge on any atom is -0.398 e. The molecule has 0 unspecified atom stereocenters. The normalized spacial score (nSPS) is 9.60. The van der Waals surface area contributed by atoms with Crippen LogP contribution in [0.15, 0.2) is 18.2 Å². The Bertz CT molecular complexity index is 357. The van der Waals surface area contributed by atoms with E-state index in [4.69, 9.17) is 16.1 Å². The van der Waals surface area contributed by atoms with Gasteiger partial charge in [-0.1, -0.05) is 0 Å². The molecule has 1 aromatic rings. The van der Waals surface area contributed by atoms with Crippen molar-refractivity contribution in [3.8, 4) is 6.07 Å². The highest BCUT2D eigenvalue weighted by atomic mass is 16.2. The maximum atomic E-state index is 8.68. The summed E-state index contributed by atoms with van der Waals surface area (Å²) in [4.78, 5) is 0. The first-order chi connectivity index (χ1) is 7.27. The van der Waals surface area contributed by atoms with Gasteiger partial charge in [0, 0.05) is 18.8 Å². The molecule has 4 nitrogen and oxygen atoms in total. The fraction of sp³-hybridized carbons (Fsp3) is 0.364. The summed E-state index contributed by atoms with van der Waals surface area (Å²) in [5, 5.41) is 20.4. The van der Waals surface area contributed by atoms with Gasteiger partial charge in [-0.25, -0.2) is 0 Å². The second-order valence-corrected chi connectivity index (χ2v) is 3.27. The highest BCUT2D eigenvalue weighted by Crippen LogP contribution is 2.16. The number of nitrogens with zero attached hydrogens (tertiary/aromatic N) is 1. The Morgan fingerprint density at radius 2 is 2.20 bits per heavy atom. The van der Waals surface area contributed by atoms with Crippen molar-refractivity contribution >= 4 is 11.4 Å². The highest BCUT2D eigenvalue weighted by molar-refractivity contribution is 5.62. The molecule has 0 radical (unpaired) electrons. The maximum absolute atomic E-state index is 8.68. The minimum atomic E-state index is 0.219. The first-order valence-corrected chi connectivity index (χ1v) is 4.92. The third-order valence-electron chi connectivity index (χ3n) is 2.09. The van der Waals surface area contributed by atoms with Crippen molar-refractivity contribution in [3.63, 3.8) is 0 Å². The molecule has 1 rings (SSSR count). The van der Waals surface area contributed by atoms with Crippen LogP contribution in [0.25, 0.3) is 0 Å². The van der Waals surface area contributed by atoms with Gasteiger partial charge >= 0.3 is 0 Å². The lowest BCUT2D eigenvalue weighted by Gasteiger charge is -2.06. The molecule has 0 aromatic heterocycles. The van der Waals surface area contributed by atoms with Crippen LogP contribution in [0.5, 0.6) is 0 Å². The third kappa shape index (κ3) is 3.49. The van der Waals surface area contributed by atoms with Gasteiger partial charge in [0.15, 0.2) is 0 Å². The molecule has 0 heterocycles. The number of unbranched alkanes of at least 4 members (excludes halogenated alkanes) is 1. The molecular weight excluding hydrogens is 190 g/mol. The van der Waals surface area contributed by atoms with Crippen LogP contribution in [0.1, 0.15) is 18.4 Å². The van der Waals surface area contributed by atoms with E-state index in [-0.39, 0.29) is 6.61 Å². The Balaban J connectivity index is 2.49. The summed E-state index contributed by atoms with van der Waals surface area (Å²) in [5.74, 6) is 0. The fourth-order valence-corrected chi connectivity index (χ4v) is 1.24. The predicted octanol–water partition coefficient (Wildman–Crippen LogP) is 1.32. The van der Waals surface area contributed by atoms with Crippen LogP contribution in [0.4, 0.5) is 11.4 Å². The van der Waals surface area contributed by atoms with Crippen LogP contribution in [0.2, 0.25) is 0 Å². The lowest BCUT2D eigenvalue weighted by Crippen LogP contribution is -2.03. The molecule has 0 atom stereocenters. The summed E-state index contributed by atoms with van der Waals surface area (Å²) in [5.41, 5.74) is 7.55. The predicted molar refractivity (Wildman–Crippen MR) is 60.4 cm³/mol. The summed E-state index contributed by atoms with van der Waals surface area (Å²) < 4.78 is 0. The maximum Gasteiger partial charge on any atom is 0.101 e. The standard InChI is InChI=1S/C11H15N3O/c12-8-9-3-4-10(7-11(9)13)14-5-1-2-6-15/h3-4,7,14-15H,1-2,5-6,13H2. The van der Waals surface area contributed by atoms with Gasteiger partial charge in [-0.2, -0.15) is 5.26 Å². The van der Waals surface area contributed by atoms with Gasteiger partial charge in [0.25, 0.3) is 0 Å². The Morgan fingerprint density at radius 1 is 1.40 bits per heavy atom. The molecule has 0 spiro atoms. The van der Waals surface area contributed by atoms with Gasteiger partial charge in [0.1, 0.15) is 6.07 Å². The summed E-state index contributed by atoms with van der Waals surface area (Å²) in [6.45, 7) is 1.02. The molecule has 0 amide bonds. The van der Waals surface area contributed by atoms with Crippen molar-refractivity contribution in [2.75, 3.05) is 24.2 Å². The SMILES string of the molecule is N#Cc1ccc(NCCCCO)cc1N. The van der Waals surface area contributed by atoms with Gasteiger partial charge in [-0.05, 0) is 31.0 Å². The second-order valence-electron chi connectivity index (χ2n) is 3.27. The molecule has 15 heavy (non-hydrogen) atoms. The highest BCUT2D eigenvalue weighted by Gasteiger charge is 1.98. The number of benzene rings is 1. The van der Waals surface area contributed by atoms with Crippen molar-refractivity contribution in [2.45, 2.75) is 12.8 Å². The zero-order valence-corrected chi connectivity index (χ0v) is 8.53. The molecule has 0 aliphatic rings. The molecule has 4 N–H and O–H groups in total. The second kappa shape index (κ2) is 5.89. The Morgan fingerprint density at radius 3 is 2.80 bits per heavy atom. The van der Waals surface area contributed by atoms with Crippen LogP contribution >= 0.6 is 0 Å². The molecule has 0 aliphatic heterocycles. The Labute approximate surface area is 89.3 Å². The van der Waals surface area contributed by atoms with E-state index in [1.54, 1.807) is 12.1 Å². The van der Waals surface area contributed by atoms with Crippen molar-refractivity contribution < 1.29 is 5.11 Å².